The van der Waals surface area contributed by atoms with Crippen molar-refractivity contribution in [3.05, 3.63) is 60.8 Å². The number of hydrogen-bond donors (Lipinski definition) is 0. The maximum Gasteiger partial charge on any atom is 0.306 e. The van der Waals surface area contributed by atoms with E-state index in [-0.39, 0.29) is 31.1 Å². The fraction of sp³-hybridized carbons (Fsp3) is 0.812. The van der Waals surface area contributed by atoms with E-state index in [1.165, 1.54) is 225 Å². The molecule has 1 unspecified atom stereocenters. The Morgan fingerprint density at radius 3 is 0.773 bits per heavy atom. The van der Waals surface area contributed by atoms with Crippen LogP contribution in [0.4, 0.5) is 0 Å². The molecule has 1 atom stereocenters. The summed E-state index contributed by atoms with van der Waals surface area (Å²) in [5.41, 5.74) is 0. The monoisotopic (exact) mass is 1050 g/mol. The van der Waals surface area contributed by atoms with Crippen molar-refractivity contribution in [2.45, 2.75) is 348 Å². The van der Waals surface area contributed by atoms with E-state index in [1.807, 2.05) is 0 Å². The van der Waals surface area contributed by atoms with Crippen LogP contribution in [0.15, 0.2) is 60.8 Å². The molecule has 6 nitrogen and oxygen atoms in total. The van der Waals surface area contributed by atoms with E-state index in [0.717, 1.165) is 77.0 Å². The van der Waals surface area contributed by atoms with Crippen LogP contribution in [-0.4, -0.2) is 37.2 Å². The minimum atomic E-state index is -0.781. The average molecular weight is 1050 g/mol. The van der Waals surface area contributed by atoms with E-state index >= 15 is 0 Å². The molecule has 0 rings (SSSR count). The highest BCUT2D eigenvalue weighted by Crippen LogP contribution is 2.16. The van der Waals surface area contributed by atoms with Crippen LogP contribution in [0.5, 0.6) is 0 Å². The van der Waals surface area contributed by atoms with E-state index in [9.17, 15) is 14.4 Å². The first-order valence-electron chi connectivity index (χ1n) is 32.8. The molecule has 0 aliphatic heterocycles. The zero-order valence-electron chi connectivity index (χ0n) is 50.1. The standard InChI is InChI=1S/C69H124O6/c1-4-7-10-13-16-19-22-25-28-30-32-33-34-35-37-38-41-44-47-50-53-56-59-62-68(71)74-65-66(64-73-67(70)61-58-55-52-49-46-43-40-27-24-21-18-15-12-9-6-3)75-69(72)63-60-57-54-51-48-45-42-39-36-31-29-26-23-20-17-14-11-8-5-2/h17,20,22,25-27,29-30,32,40,66H,4-16,18-19,21,23-24,28,31,33-39,41-65H2,1-3H3/b20-17-,25-22-,29-26-,32-30-,40-27-. The Morgan fingerprint density at radius 1 is 0.267 bits per heavy atom. The van der Waals surface area contributed by atoms with Gasteiger partial charge in [-0.05, 0) is 109 Å². The molecule has 0 saturated heterocycles. The first-order chi connectivity index (χ1) is 37.0. The highest BCUT2D eigenvalue weighted by Gasteiger charge is 2.19. The number of carbonyl (C=O) groups is 3. The summed E-state index contributed by atoms with van der Waals surface area (Å²) < 4.78 is 16.9. The molecule has 0 fully saturated rings. The van der Waals surface area contributed by atoms with Crippen LogP contribution in [-0.2, 0) is 28.6 Å². The lowest BCUT2D eigenvalue weighted by Crippen LogP contribution is -2.30. The zero-order chi connectivity index (χ0) is 54.3. The van der Waals surface area contributed by atoms with E-state index in [4.69, 9.17) is 14.2 Å². The largest absolute Gasteiger partial charge is 0.462 e. The van der Waals surface area contributed by atoms with E-state index in [0.29, 0.717) is 19.3 Å². The third-order valence-corrected chi connectivity index (χ3v) is 14.5. The van der Waals surface area contributed by atoms with Gasteiger partial charge in [0.2, 0.25) is 0 Å². The van der Waals surface area contributed by atoms with E-state index in [1.54, 1.807) is 0 Å². The molecule has 0 bridgehead atoms. The number of esters is 3. The van der Waals surface area contributed by atoms with Crippen molar-refractivity contribution in [2.24, 2.45) is 0 Å². The molecule has 0 heterocycles. The SMILES string of the molecule is CCCCC/C=C\C/C=C\CCCCCCCCCCCC(=O)OC(COC(=O)CCCCCCC/C=C\CCCCCCCC)COC(=O)CCCCCCCCCCCCC/C=C\C/C=C\CCCCCCC. The highest BCUT2D eigenvalue weighted by molar-refractivity contribution is 5.71. The second-order valence-electron chi connectivity index (χ2n) is 22.0. The van der Waals surface area contributed by atoms with Crippen molar-refractivity contribution in [1.29, 1.82) is 0 Å². The maximum absolute atomic E-state index is 12.9. The summed E-state index contributed by atoms with van der Waals surface area (Å²) in [5, 5.41) is 0. The van der Waals surface area contributed by atoms with Gasteiger partial charge in [-0.25, -0.2) is 0 Å². The van der Waals surface area contributed by atoms with Crippen molar-refractivity contribution < 1.29 is 28.6 Å². The van der Waals surface area contributed by atoms with Crippen LogP contribution in [0.25, 0.3) is 0 Å². The number of ether oxygens (including phenoxy) is 3. The minimum absolute atomic E-state index is 0.0776. The summed E-state index contributed by atoms with van der Waals surface area (Å²) in [6, 6.07) is 0. The maximum atomic E-state index is 12.9. The van der Waals surface area contributed by atoms with Crippen LogP contribution < -0.4 is 0 Å². The summed E-state index contributed by atoms with van der Waals surface area (Å²) in [5.74, 6) is -0.874. The lowest BCUT2D eigenvalue weighted by atomic mass is 10.0. The van der Waals surface area contributed by atoms with Crippen LogP contribution in [0, 0.1) is 0 Å². The van der Waals surface area contributed by atoms with Gasteiger partial charge < -0.3 is 14.2 Å². The van der Waals surface area contributed by atoms with Gasteiger partial charge >= 0.3 is 17.9 Å². The molecule has 436 valence electrons. The van der Waals surface area contributed by atoms with Crippen LogP contribution >= 0.6 is 0 Å². The van der Waals surface area contributed by atoms with Crippen LogP contribution in [0.2, 0.25) is 0 Å². The van der Waals surface area contributed by atoms with Gasteiger partial charge in [0.15, 0.2) is 6.10 Å². The first-order valence-corrected chi connectivity index (χ1v) is 32.8. The van der Waals surface area contributed by atoms with Gasteiger partial charge in [-0.1, -0.05) is 274 Å². The lowest BCUT2D eigenvalue weighted by Gasteiger charge is -2.18. The number of carbonyl (C=O) groups excluding carboxylic acids is 3. The number of allylic oxidation sites excluding steroid dienone is 10. The zero-order valence-corrected chi connectivity index (χ0v) is 50.1. The van der Waals surface area contributed by atoms with Crippen molar-refractivity contribution in [3.63, 3.8) is 0 Å². The predicted molar refractivity (Wildman–Crippen MR) is 325 cm³/mol. The molecule has 0 saturated carbocycles. The van der Waals surface area contributed by atoms with E-state index < -0.39 is 6.10 Å². The summed E-state index contributed by atoms with van der Waals surface area (Å²) in [7, 11) is 0. The van der Waals surface area contributed by atoms with Crippen molar-refractivity contribution >= 4 is 17.9 Å². The molecule has 0 aliphatic rings. The fourth-order valence-electron chi connectivity index (χ4n) is 9.50. The summed E-state index contributed by atoms with van der Waals surface area (Å²) in [4.78, 5) is 38.3. The molecule has 0 spiro atoms. The molecule has 0 aromatic heterocycles. The average Bonchev–Trinajstić information content (AvgIpc) is 3.41. The van der Waals surface area contributed by atoms with Gasteiger partial charge in [0.05, 0.1) is 0 Å². The molecule has 0 N–H and O–H groups in total. The molecular weight excluding hydrogens is 925 g/mol. The van der Waals surface area contributed by atoms with Crippen LogP contribution in [0.3, 0.4) is 0 Å². The molecule has 0 aromatic rings. The molecule has 0 radical (unpaired) electrons. The number of hydrogen-bond acceptors (Lipinski definition) is 6. The quantitative estimate of drug-likeness (QED) is 0.0261. The Balaban J connectivity index is 4.34. The normalized spacial score (nSPS) is 12.4. The number of rotatable bonds is 60. The summed E-state index contributed by atoms with van der Waals surface area (Å²) in [6.45, 7) is 6.63. The van der Waals surface area contributed by atoms with Gasteiger partial charge in [0, 0.05) is 19.3 Å². The van der Waals surface area contributed by atoms with Gasteiger partial charge in [0.25, 0.3) is 0 Å². The van der Waals surface area contributed by atoms with Crippen molar-refractivity contribution in [2.75, 3.05) is 13.2 Å². The Bertz CT molecular complexity index is 1340. The Kier molecular flexibility index (Phi) is 61.2. The molecule has 0 aliphatic carbocycles. The molecule has 0 aromatic carbocycles. The lowest BCUT2D eigenvalue weighted by molar-refractivity contribution is -0.167. The van der Waals surface area contributed by atoms with E-state index in [2.05, 4.69) is 81.5 Å². The Labute approximate surface area is 466 Å². The van der Waals surface area contributed by atoms with Gasteiger partial charge in [-0.3, -0.25) is 14.4 Å². The smallest absolute Gasteiger partial charge is 0.306 e. The van der Waals surface area contributed by atoms with Gasteiger partial charge in [-0.15, -0.1) is 0 Å². The molecule has 6 heteroatoms. The topological polar surface area (TPSA) is 78.9 Å². The van der Waals surface area contributed by atoms with Crippen molar-refractivity contribution in [1.82, 2.24) is 0 Å². The molecule has 75 heavy (non-hydrogen) atoms. The highest BCUT2D eigenvalue weighted by atomic mass is 16.6. The predicted octanol–water partition coefficient (Wildman–Crippen LogP) is 22.3. The second kappa shape index (κ2) is 63.6. The Morgan fingerprint density at radius 2 is 0.480 bits per heavy atom. The summed E-state index contributed by atoms with van der Waals surface area (Å²) >= 11 is 0. The van der Waals surface area contributed by atoms with Gasteiger partial charge in [-0.2, -0.15) is 0 Å². The van der Waals surface area contributed by atoms with Crippen LogP contribution in [0.1, 0.15) is 342 Å². The molecule has 0 amide bonds. The first kappa shape index (κ1) is 72.1. The summed E-state index contributed by atoms with van der Waals surface area (Å²) in [6.07, 6.45) is 80.8. The minimum Gasteiger partial charge on any atom is -0.462 e. The third-order valence-electron chi connectivity index (χ3n) is 14.5. The second-order valence-corrected chi connectivity index (χ2v) is 22.0. The fourth-order valence-corrected chi connectivity index (χ4v) is 9.50. The number of unbranched alkanes of at least 4 members (excludes halogenated alkanes) is 39. The van der Waals surface area contributed by atoms with Gasteiger partial charge in [0.1, 0.15) is 13.2 Å². The Hall–Kier alpha value is -2.89. The molecular formula is C69H124O6. The van der Waals surface area contributed by atoms with Crippen molar-refractivity contribution in [3.8, 4) is 0 Å². The third kappa shape index (κ3) is 61.8.